The van der Waals surface area contributed by atoms with Crippen LogP contribution in [0.3, 0.4) is 0 Å². The van der Waals surface area contributed by atoms with Crippen molar-refractivity contribution < 1.29 is 4.39 Å². The van der Waals surface area contributed by atoms with Crippen LogP contribution in [0.4, 0.5) is 4.39 Å². The average Bonchev–Trinajstić information content (AvgIpc) is 2.66. The summed E-state index contributed by atoms with van der Waals surface area (Å²) in [5.74, 6) is 5.67. The number of rotatable bonds is 2. The van der Waals surface area contributed by atoms with Gasteiger partial charge < -0.3 is 5.43 Å². The Labute approximate surface area is 106 Å². The Morgan fingerprint density at radius 1 is 1.28 bits per heavy atom. The van der Waals surface area contributed by atoms with Crippen molar-refractivity contribution >= 4 is 5.84 Å². The summed E-state index contributed by atoms with van der Waals surface area (Å²) in [6.07, 6.45) is 8.35. The molecule has 1 saturated carbocycles. The van der Waals surface area contributed by atoms with Crippen LogP contribution in [0.15, 0.2) is 23.3 Å². The molecule has 98 valence electrons. The van der Waals surface area contributed by atoms with Crippen LogP contribution in [-0.2, 0) is 0 Å². The Bertz CT molecular complexity index is 394. The molecule has 1 aromatic heterocycles. The van der Waals surface area contributed by atoms with Crippen LogP contribution in [0.1, 0.15) is 44.2 Å². The van der Waals surface area contributed by atoms with E-state index in [9.17, 15) is 4.39 Å². The van der Waals surface area contributed by atoms with Gasteiger partial charge >= 0.3 is 0 Å². The molecule has 0 spiro atoms. The van der Waals surface area contributed by atoms with Gasteiger partial charge in [0, 0.05) is 0 Å². The second-order valence-electron chi connectivity index (χ2n) is 4.63. The first-order chi connectivity index (χ1) is 8.79. The molecule has 1 fully saturated rings. The first kappa shape index (κ1) is 13.0. The molecule has 0 bridgehead atoms. The van der Waals surface area contributed by atoms with E-state index in [0.717, 1.165) is 12.8 Å². The minimum atomic E-state index is -0.357. The molecular formula is C13H19FN4. The Morgan fingerprint density at radius 3 is 2.56 bits per heavy atom. The number of pyridine rings is 1. The Kier molecular flexibility index (Phi) is 4.64. The maximum absolute atomic E-state index is 12.8. The zero-order valence-corrected chi connectivity index (χ0v) is 10.4. The van der Waals surface area contributed by atoms with E-state index in [0.29, 0.717) is 17.6 Å². The first-order valence-corrected chi connectivity index (χ1v) is 6.46. The Morgan fingerprint density at radius 2 is 2.00 bits per heavy atom. The fourth-order valence-electron chi connectivity index (χ4n) is 2.26. The highest BCUT2D eigenvalue weighted by molar-refractivity contribution is 5.96. The molecule has 1 aliphatic rings. The van der Waals surface area contributed by atoms with Gasteiger partial charge in [-0.1, -0.05) is 25.7 Å². The van der Waals surface area contributed by atoms with Crippen LogP contribution in [0.25, 0.3) is 0 Å². The third kappa shape index (κ3) is 3.50. The van der Waals surface area contributed by atoms with Crippen LogP contribution >= 0.6 is 0 Å². The van der Waals surface area contributed by atoms with Gasteiger partial charge in [0.05, 0.1) is 12.2 Å². The number of hydrogen-bond donors (Lipinski definition) is 2. The van der Waals surface area contributed by atoms with E-state index in [-0.39, 0.29) is 5.82 Å². The first-order valence-electron chi connectivity index (χ1n) is 6.46. The molecule has 0 aromatic carbocycles. The maximum Gasteiger partial charge on any atom is 0.161 e. The van der Waals surface area contributed by atoms with E-state index in [1.807, 2.05) is 0 Å². The van der Waals surface area contributed by atoms with Gasteiger partial charge in [-0.3, -0.25) is 4.99 Å². The van der Waals surface area contributed by atoms with E-state index in [1.54, 1.807) is 6.07 Å². The summed E-state index contributed by atoms with van der Waals surface area (Å²) in [5, 5.41) is 0. The second-order valence-corrected chi connectivity index (χ2v) is 4.63. The summed E-state index contributed by atoms with van der Waals surface area (Å²) in [4.78, 5) is 8.60. The molecule has 5 heteroatoms. The lowest BCUT2D eigenvalue weighted by molar-refractivity contribution is 0.583. The monoisotopic (exact) mass is 250 g/mol. The highest BCUT2D eigenvalue weighted by atomic mass is 19.1. The molecule has 0 amide bonds. The minimum absolute atomic E-state index is 0.297. The number of hydrogen-bond acceptors (Lipinski definition) is 3. The third-order valence-corrected chi connectivity index (χ3v) is 3.24. The van der Waals surface area contributed by atoms with Crippen molar-refractivity contribution in [3.63, 3.8) is 0 Å². The van der Waals surface area contributed by atoms with Crippen molar-refractivity contribution in [2.75, 3.05) is 0 Å². The van der Waals surface area contributed by atoms with Crippen LogP contribution < -0.4 is 11.3 Å². The van der Waals surface area contributed by atoms with Crippen LogP contribution in [0.5, 0.6) is 0 Å². The van der Waals surface area contributed by atoms with Crippen molar-refractivity contribution in [3.8, 4) is 0 Å². The molecule has 1 aromatic rings. The molecule has 3 N–H and O–H groups in total. The molecular weight excluding hydrogens is 231 g/mol. The number of halogens is 1. The fourth-order valence-corrected chi connectivity index (χ4v) is 2.26. The number of aliphatic imine (C=N–C) groups is 1. The molecule has 18 heavy (non-hydrogen) atoms. The van der Waals surface area contributed by atoms with Crippen LogP contribution in [-0.4, -0.2) is 16.9 Å². The lowest BCUT2D eigenvalue weighted by atomic mass is 10.1. The molecule has 0 radical (unpaired) electrons. The largest absolute Gasteiger partial charge is 0.307 e. The van der Waals surface area contributed by atoms with E-state index >= 15 is 0 Å². The van der Waals surface area contributed by atoms with Gasteiger partial charge in [-0.15, -0.1) is 0 Å². The predicted molar refractivity (Wildman–Crippen MR) is 69.5 cm³/mol. The summed E-state index contributed by atoms with van der Waals surface area (Å²) in [7, 11) is 0. The van der Waals surface area contributed by atoms with Crippen molar-refractivity contribution in [2.45, 2.75) is 44.6 Å². The summed E-state index contributed by atoms with van der Waals surface area (Å²) in [6, 6.07) is 3.25. The standard InChI is InChI=1S/C13H19FN4/c14-10-7-8-12(16-9-10)13(18-15)17-11-5-3-1-2-4-6-11/h7-9,11H,1-6,15H2,(H,17,18). The highest BCUT2D eigenvalue weighted by Crippen LogP contribution is 2.20. The molecule has 0 aliphatic heterocycles. The molecule has 0 saturated heterocycles. The second kappa shape index (κ2) is 6.44. The quantitative estimate of drug-likeness (QED) is 0.278. The Hall–Kier alpha value is -1.49. The van der Waals surface area contributed by atoms with Crippen LogP contribution in [0.2, 0.25) is 0 Å². The predicted octanol–water partition coefficient (Wildman–Crippen LogP) is 2.15. The SMILES string of the molecule is NNC(=NC1CCCCCC1)c1ccc(F)cn1. The zero-order valence-electron chi connectivity index (χ0n) is 10.4. The molecule has 0 atom stereocenters. The Balaban J connectivity index is 2.13. The van der Waals surface area contributed by atoms with Gasteiger partial charge in [-0.2, -0.15) is 0 Å². The molecule has 1 heterocycles. The number of nitrogens with zero attached hydrogens (tertiary/aromatic N) is 2. The third-order valence-electron chi connectivity index (χ3n) is 3.24. The molecule has 4 nitrogen and oxygen atoms in total. The number of nitrogens with two attached hydrogens (primary N) is 1. The summed E-state index contributed by atoms with van der Waals surface area (Å²) < 4.78 is 12.8. The number of amidine groups is 1. The smallest absolute Gasteiger partial charge is 0.161 e. The van der Waals surface area contributed by atoms with Gasteiger partial charge in [0.1, 0.15) is 11.5 Å². The van der Waals surface area contributed by atoms with E-state index in [4.69, 9.17) is 5.84 Å². The van der Waals surface area contributed by atoms with Crippen molar-refractivity contribution in [1.82, 2.24) is 10.4 Å². The van der Waals surface area contributed by atoms with Gasteiger partial charge in [0.2, 0.25) is 0 Å². The topological polar surface area (TPSA) is 63.3 Å². The lowest BCUT2D eigenvalue weighted by Crippen LogP contribution is -2.33. The lowest BCUT2D eigenvalue weighted by Gasteiger charge is -2.12. The van der Waals surface area contributed by atoms with Crippen LogP contribution in [0, 0.1) is 5.82 Å². The summed E-state index contributed by atoms with van der Waals surface area (Å²) >= 11 is 0. The van der Waals surface area contributed by atoms with Gasteiger partial charge in [0.15, 0.2) is 5.84 Å². The van der Waals surface area contributed by atoms with Gasteiger partial charge in [0.25, 0.3) is 0 Å². The van der Waals surface area contributed by atoms with E-state index in [2.05, 4.69) is 15.4 Å². The normalized spacial score (nSPS) is 18.4. The molecule has 1 aliphatic carbocycles. The van der Waals surface area contributed by atoms with E-state index in [1.165, 1.54) is 37.9 Å². The zero-order chi connectivity index (χ0) is 12.8. The van der Waals surface area contributed by atoms with Gasteiger partial charge in [-0.25, -0.2) is 15.2 Å². The fraction of sp³-hybridized carbons (Fsp3) is 0.538. The van der Waals surface area contributed by atoms with Crippen molar-refractivity contribution in [3.05, 3.63) is 29.8 Å². The number of hydrazine groups is 1. The van der Waals surface area contributed by atoms with Crippen molar-refractivity contribution in [1.29, 1.82) is 0 Å². The number of nitrogens with one attached hydrogen (secondary N) is 1. The highest BCUT2D eigenvalue weighted by Gasteiger charge is 2.13. The summed E-state index contributed by atoms with van der Waals surface area (Å²) in [5.41, 5.74) is 3.16. The maximum atomic E-state index is 12.8. The molecule has 0 unspecified atom stereocenters. The van der Waals surface area contributed by atoms with Gasteiger partial charge in [-0.05, 0) is 25.0 Å². The molecule has 2 rings (SSSR count). The average molecular weight is 250 g/mol. The summed E-state index contributed by atoms with van der Waals surface area (Å²) in [6.45, 7) is 0. The van der Waals surface area contributed by atoms with E-state index < -0.39 is 0 Å². The van der Waals surface area contributed by atoms with Crippen molar-refractivity contribution in [2.24, 2.45) is 10.8 Å². The minimum Gasteiger partial charge on any atom is -0.307 e. The number of aromatic nitrogens is 1.